The Morgan fingerprint density at radius 3 is 2.89 bits per heavy atom. The summed E-state index contributed by atoms with van der Waals surface area (Å²) in [4.78, 5) is 4.38. The number of nitriles is 1. The van der Waals surface area contributed by atoms with Gasteiger partial charge in [0.05, 0.1) is 17.3 Å². The molecule has 4 nitrogen and oxygen atoms in total. The van der Waals surface area contributed by atoms with Crippen LogP contribution >= 0.6 is 0 Å². The zero-order chi connectivity index (χ0) is 13.7. The van der Waals surface area contributed by atoms with Crippen LogP contribution in [0.15, 0.2) is 36.4 Å². The number of hydrogen-bond donors (Lipinski definition) is 1. The summed E-state index contributed by atoms with van der Waals surface area (Å²) >= 11 is 0. The molecule has 0 spiro atoms. The standard InChI is InChI=1S/C15H15N3O/c1-11-6-7-12(9-16)8-14(11)19-10-13-4-3-5-15(17-2)18-13/h3-8H,10H2,1-2H3,(H,17,18). The topological polar surface area (TPSA) is 57.9 Å². The highest BCUT2D eigenvalue weighted by Crippen LogP contribution is 2.20. The molecule has 0 aliphatic carbocycles. The predicted octanol–water partition coefficient (Wildman–Crippen LogP) is 2.88. The van der Waals surface area contributed by atoms with Crippen LogP contribution in [0.2, 0.25) is 0 Å². The van der Waals surface area contributed by atoms with Crippen molar-refractivity contribution in [2.75, 3.05) is 12.4 Å². The maximum atomic E-state index is 8.88. The Morgan fingerprint density at radius 2 is 2.16 bits per heavy atom. The fourth-order valence-electron chi connectivity index (χ4n) is 1.68. The number of nitrogens with one attached hydrogen (secondary N) is 1. The van der Waals surface area contributed by atoms with Crippen molar-refractivity contribution < 1.29 is 4.74 Å². The third kappa shape index (κ3) is 3.23. The number of aryl methyl sites for hydroxylation is 1. The minimum atomic E-state index is 0.380. The van der Waals surface area contributed by atoms with Crippen LogP contribution in [0, 0.1) is 18.3 Å². The van der Waals surface area contributed by atoms with Gasteiger partial charge in [-0.05, 0) is 36.8 Å². The lowest BCUT2D eigenvalue weighted by Gasteiger charge is -2.09. The van der Waals surface area contributed by atoms with Crippen molar-refractivity contribution in [1.29, 1.82) is 5.26 Å². The largest absolute Gasteiger partial charge is 0.487 e. The lowest BCUT2D eigenvalue weighted by atomic mass is 10.1. The molecule has 1 N–H and O–H groups in total. The Labute approximate surface area is 112 Å². The van der Waals surface area contributed by atoms with E-state index in [2.05, 4.69) is 16.4 Å². The van der Waals surface area contributed by atoms with Gasteiger partial charge in [-0.15, -0.1) is 0 Å². The van der Waals surface area contributed by atoms with Crippen molar-refractivity contribution in [3.05, 3.63) is 53.2 Å². The van der Waals surface area contributed by atoms with Gasteiger partial charge in [0.25, 0.3) is 0 Å². The molecule has 4 heteroatoms. The molecule has 19 heavy (non-hydrogen) atoms. The number of benzene rings is 1. The number of hydrogen-bond acceptors (Lipinski definition) is 4. The first-order valence-corrected chi connectivity index (χ1v) is 6.00. The van der Waals surface area contributed by atoms with Crippen molar-refractivity contribution in [1.82, 2.24) is 4.98 Å². The number of aromatic nitrogens is 1. The van der Waals surface area contributed by atoms with Crippen LogP contribution in [0.25, 0.3) is 0 Å². The Kier molecular flexibility index (Phi) is 3.99. The summed E-state index contributed by atoms with van der Waals surface area (Å²) in [6.07, 6.45) is 0. The molecule has 0 atom stereocenters. The minimum absolute atomic E-state index is 0.380. The van der Waals surface area contributed by atoms with Gasteiger partial charge in [0, 0.05) is 7.05 Å². The fraction of sp³-hybridized carbons (Fsp3) is 0.200. The molecule has 96 valence electrons. The lowest BCUT2D eigenvalue weighted by molar-refractivity contribution is 0.299. The van der Waals surface area contributed by atoms with Gasteiger partial charge in [-0.3, -0.25) is 0 Å². The number of anilines is 1. The molecule has 0 amide bonds. The van der Waals surface area contributed by atoms with Gasteiger partial charge in [-0.25, -0.2) is 4.98 Å². The van der Waals surface area contributed by atoms with E-state index in [1.54, 1.807) is 12.1 Å². The Hall–Kier alpha value is -2.54. The highest BCUT2D eigenvalue weighted by Gasteiger charge is 2.03. The van der Waals surface area contributed by atoms with Gasteiger partial charge >= 0.3 is 0 Å². The first-order valence-electron chi connectivity index (χ1n) is 6.00. The van der Waals surface area contributed by atoms with Crippen molar-refractivity contribution in [3.8, 4) is 11.8 Å². The first-order chi connectivity index (χ1) is 9.22. The zero-order valence-electron chi connectivity index (χ0n) is 11.0. The predicted molar refractivity (Wildman–Crippen MR) is 74.0 cm³/mol. The summed E-state index contributed by atoms with van der Waals surface area (Å²) in [5.74, 6) is 1.53. The number of nitrogens with zero attached hydrogens (tertiary/aromatic N) is 2. The number of pyridine rings is 1. The SMILES string of the molecule is CNc1cccc(COc2cc(C#N)ccc2C)n1. The molecule has 0 fully saturated rings. The van der Waals surface area contributed by atoms with Crippen LogP contribution in [0.3, 0.4) is 0 Å². The molecule has 0 saturated carbocycles. The smallest absolute Gasteiger partial charge is 0.130 e. The molecule has 1 aromatic heterocycles. The van der Waals surface area contributed by atoms with E-state index in [0.29, 0.717) is 12.2 Å². The zero-order valence-corrected chi connectivity index (χ0v) is 11.0. The average molecular weight is 253 g/mol. The van der Waals surface area contributed by atoms with Crippen LogP contribution < -0.4 is 10.1 Å². The summed E-state index contributed by atoms with van der Waals surface area (Å²) in [5, 5.41) is 11.9. The lowest BCUT2D eigenvalue weighted by Crippen LogP contribution is -2.01. The average Bonchev–Trinajstić information content (AvgIpc) is 2.46. The van der Waals surface area contributed by atoms with Gasteiger partial charge in [-0.1, -0.05) is 12.1 Å². The van der Waals surface area contributed by atoms with Crippen LogP contribution in [0.4, 0.5) is 5.82 Å². The quantitative estimate of drug-likeness (QED) is 0.910. The van der Waals surface area contributed by atoms with Gasteiger partial charge in [0.15, 0.2) is 0 Å². The van der Waals surface area contributed by atoms with Crippen LogP contribution in [-0.4, -0.2) is 12.0 Å². The van der Waals surface area contributed by atoms with E-state index in [1.807, 2.05) is 38.2 Å². The monoisotopic (exact) mass is 253 g/mol. The molecular formula is C15H15N3O. The highest BCUT2D eigenvalue weighted by molar-refractivity contribution is 5.42. The summed E-state index contributed by atoms with van der Waals surface area (Å²) in [6, 6.07) is 13.2. The van der Waals surface area contributed by atoms with E-state index in [0.717, 1.165) is 22.8 Å². The molecule has 0 aliphatic rings. The van der Waals surface area contributed by atoms with Gasteiger partial charge in [-0.2, -0.15) is 5.26 Å². The van der Waals surface area contributed by atoms with E-state index >= 15 is 0 Å². The maximum absolute atomic E-state index is 8.88. The van der Waals surface area contributed by atoms with E-state index in [1.165, 1.54) is 0 Å². The molecular weight excluding hydrogens is 238 g/mol. The Morgan fingerprint density at radius 1 is 1.32 bits per heavy atom. The van der Waals surface area contributed by atoms with E-state index in [9.17, 15) is 0 Å². The number of rotatable bonds is 4. The van der Waals surface area contributed by atoms with Crippen LogP contribution in [0.5, 0.6) is 5.75 Å². The molecule has 0 radical (unpaired) electrons. The highest BCUT2D eigenvalue weighted by atomic mass is 16.5. The molecule has 2 aromatic rings. The Balaban J connectivity index is 2.12. The van der Waals surface area contributed by atoms with Crippen molar-refractivity contribution in [3.63, 3.8) is 0 Å². The van der Waals surface area contributed by atoms with Crippen LogP contribution in [0.1, 0.15) is 16.8 Å². The van der Waals surface area contributed by atoms with Gasteiger partial charge < -0.3 is 10.1 Å². The fourth-order valence-corrected chi connectivity index (χ4v) is 1.68. The van der Waals surface area contributed by atoms with Gasteiger partial charge in [0.1, 0.15) is 18.2 Å². The normalized spacial score (nSPS) is 9.74. The van der Waals surface area contributed by atoms with Crippen LogP contribution in [-0.2, 0) is 6.61 Å². The second-order valence-corrected chi connectivity index (χ2v) is 4.14. The van der Waals surface area contributed by atoms with Gasteiger partial charge in [0.2, 0.25) is 0 Å². The molecule has 0 unspecified atom stereocenters. The minimum Gasteiger partial charge on any atom is -0.487 e. The second kappa shape index (κ2) is 5.87. The third-order valence-corrected chi connectivity index (χ3v) is 2.76. The van der Waals surface area contributed by atoms with Crippen molar-refractivity contribution in [2.45, 2.75) is 13.5 Å². The maximum Gasteiger partial charge on any atom is 0.130 e. The number of ether oxygens (including phenoxy) is 1. The van der Waals surface area contributed by atoms with E-state index in [4.69, 9.17) is 10.00 Å². The van der Waals surface area contributed by atoms with E-state index < -0.39 is 0 Å². The third-order valence-electron chi connectivity index (χ3n) is 2.76. The molecule has 0 bridgehead atoms. The summed E-state index contributed by atoms with van der Waals surface area (Å²) in [6.45, 7) is 2.33. The molecule has 2 rings (SSSR count). The molecule has 0 saturated heterocycles. The van der Waals surface area contributed by atoms with Crippen molar-refractivity contribution in [2.24, 2.45) is 0 Å². The summed E-state index contributed by atoms with van der Waals surface area (Å²) in [7, 11) is 1.83. The molecule has 1 heterocycles. The van der Waals surface area contributed by atoms with E-state index in [-0.39, 0.29) is 0 Å². The molecule has 1 aromatic carbocycles. The first kappa shape index (κ1) is 12.9. The second-order valence-electron chi connectivity index (χ2n) is 4.14. The summed E-state index contributed by atoms with van der Waals surface area (Å²) in [5.41, 5.74) is 2.44. The Bertz CT molecular complexity index is 617. The van der Waals surface area contributed by atoms with Crippen molar-refractivity contribution >= 4 is 5.82 Å². The molecule has 0 aliphatic heterocycles. The summed E-state index contributed by atoms with van der Waals surface area (Å²) < 4.78 is 5.72.